The summed E-state index contributed by atoms with van der Waals surface area (Å²) in [6.45, 7) is 10.1. The molecule has 0 radical (unpaired) electrons. The van der Waals surface area contributed by atoms with Crippen LogP contribution in [0.15, 0.2) is 24.4 Å². The van der Waals surface area contributed by atoms with Gasteiger partial charge in [-0.15, -0.1) is 0 Å². The molecule has 0 amide bonds. The molecule has 0 saturated carbocycles. The molecule has 0 aliphatic rings. The van der Waals surface area contributed by atoms with E-state index in [1.54, 1.807) is 0 Å². The third-order valence-corrected chi connectivity index (χ3v) is 1.31. The minimum absolute atomic E-state index is 1.28. The maximum Gasteiger partial charge on any atom is 0.177 e. The summed E-state index contributed by atoms with van der Waals surface area (Å²) in [5.41, 5.74) is 1.28. The van der Waals surface area contributed by atoms with Gasteiger partial charge in [0.1, 0.15) is 7.05 Å². The SMILES string of the molecule is CC.CC.Cc1cccc[n+]1C. The van der Waals surface area contributed by atoms with Crippen LogP contribution in [0.5, 0.6) is 0 Å². The number of aryl methyl sites for hydroxylation is 2. The van der Waals surface area contributed by atoms with Gasteiger partial charge in [0.05, 0.1) is 0 Å². The molecule has 0 aliphatic carbocycles. The second-order valence-electron chi connectivity index (χ2n) is 1.95. The molecule has 1 nitrogen and oxygen atoms in total. The molecular formula is C11H22N+. The summed E-state index contributed by atoms with van der Waals surface area (Å²) >= 11 is 0. The first-order valence-corrected chi connectivity index (χ1v) is 4.72. The lowest BCUT2D eigenvalue weighted by molar-refractivity contribution is -0.677. The summed E-state index contributed by atoms with van der Waals surface area (Å²) in [4.78, 5) is 0. The van der Waals surface area contributed by atoms with Crippen LogP contribution in [0.2, 0.25) is 0 Å². The molecule has 1 aromatic heterocycles. The summed E-state index contributed by atoms with van der Waals surface area (Å²) < 4.78 is 2.08. The van der Waals surface area contributed by atoms with Crippen molar-refractivity contribution >= 4 is 0 Å². The molecule has 0 fully saturated rings. The Morgan fingerprint density at radius 2 is 1.50 bits per heavy atom. The first-order chi connectivity index (χ1) is 5.80. The molecule has 0 aliphatic heterocycles. The molecule has 0 N–H and O–H groups in total. The van der Waals surface area contributed by atoms with Crippen molar-refractivity contribution in [3.05, 3.63) is 30.1 Å². The second kappa shape index (κ2) is 10.2. The zero-order chi connectivity index (χ0) is 9.98. The number of rotatable bonds is 0. The number of aromatic nitrogens is 1. The Hall–Kier alpha value is -0.850. The molecule has 0 aromatic carbocycles. The van der Waals surface area contributed by atoms with E-state index in [1.165, 1.54) is 5.69 Å². The smallest absolute Gasteiger partial charge is 0.177 e. The minimum Gasteiger partial charge on any atom is -0.205 e. The van der Waals surface area contributed by atoms with Crippen LogP contribution < -0.4 is 4.57 Å². The van der Waals surface area contributed by atoms with Gasteiger partial charge in [0.25, 0.3) is 0 Å². The third-order valence-electron chi connectivity index (χ3n) is 1.31. The maximum atomic E-state index is 2.08. The van der Waals surface area contributed by atoms with E-state index in [0.717, 1.165) is 0 Å². The molecule has 0 spiro atoms. The Kier molecular flexibility index (Phi) is 11.6. The van der Waals surface area contributed by atoms with Crippen LogP contribution in [-0.4, -0.2) is 0 Å². The molecule has 1 rings (SSSR count). The van der Waals surface area contributed by atoms with Crippen molar-refractivity contribution in [2.45, 2.75) is 34.6 Å². The number of hydrogen-bond acceptors (Lipinski definition) is 0. The predicted octanol–water partition coefficient (Wildman–Crippen LogP) is 2.87. The van der Waals surface area contributed by atoms with Gasteiger partial charge in [0, 0.05) is 19.1 Å². The van der Waals surface area contributed by atoms with Gasteiger partial charge >= 0.3 is 0 Å². The number of nitrogens with zero attached hydrogens (tertiary/aromatic N) is 1. The van der Waals surface area contributed by atoms with Crippen molar-refractivity contribution < 1.29 is 4.57 Å². The molecule has 1 heteroatoms. The lowest BCUT2D eigenvalue weighted by Crippen LogP contribution is -2.30. The molecule has 0 atom stereocenters. The number of pyridine rings is 1. The fourth-order valence-electron chi connectivity index (χ4n) is 0.609. The monoisotopic (exact) mass is 168 g/mol. The van der Waals surface area contributed by atoms with Gasteiger partial charge < -0.3 is 0 Å². The summed E-state index contributed by atoms with van der Waals surface area (Å²) in [5.74, 6) is 0. The van der Waals surface area contributed by atoms with Gasteiger partial charge in [0.15, 0.2) is 11.9 Å². The van der Waals surface area contributed by atoms with E-state index in [0.29, 0.717) is 0 Å². The summed E-state index contributed by atoms with van der Waals surface area (Å²) in [5, 5.41) is 0. The van der Waals surface area contributed by atoms with Crippen LogP contribution in [-0.2, 0) is 7.05 Å². The van der Waals surface area contributed by atoms with Crippen LogP contribution in [0.25, 0.3) is 0 Å². The second-order valence-corrected chi connectivity index (χ2v) is 1.95. The van der Waals surface area contributed by atoms with Gasteiger partial charge in [-0.1, -0.05) is 33.8 Å². The Balaban J connectivity index is 0. The normalized spacial score (nSPS) is 7.17. The molecule has 0 saturated heterocycles. The van der Waals surface area contributed by atoms with Crippen LogP contribution >= 0.6 is 0 Å². The van der Waals surface area contributed by atoms with Crippen molar-refractivity contribution in [1.82, 2.24) is 0 Å². The van der Waals surface area contributed by atoms with E-state index >= 15 is 0 Å². The summed E-state index contributed by atoms with van der Waals surface area (Å²) in [6, 6.07) is 6.14. The highest BCUT2D eigenvalue weighted by Crippen LogP contribution is 1.83. The van der Waals surface area contributed by atoms with Crippen LogP contribution in [0.4, 0.5) is 0 Å². The van der Waals surface area contributed by atoms with Crippen molar-refractivity contribution in [3.63, 3.8) is 0 Å². The van der Waals surface area contributed by atoms with E-state index in [9.17, 15) is 0 Å². The Morgan fingerprint density at radius 3 is 1.75 bits per heavy atom. The quantitative estimate of drug-likeness (QED) is 0.524. The molecule has 12 heavy (non-hydrogen) atoms. The van der Waals surface area contributed by atoms with Crippen LogP contribution in [0.3, 0.4) is 0 Å². The summed E-state index contributed by atoms with van der Waals surface area (Å²) in [6.07, 6.45) is 2.04. The highest BCUT2D eigenvalue weighted by molar-refractivity contribution is 4.93. The van der Waals surface area contributed by atoms with Gasteiger partial charge in [-0.25, -0.2) is 4.57 Å². The Morgan fingerprint density at radius 1 is 1.00 bits per heavy atom. The fourth-order valence-corrected chi connectivity index (χ4v) is 0.609. The third kappa shape index (κ3) is 5.90. The largest absolute Gasteiger partial charge is 0.205 e. The average Bonchev–Trinajstić information content (AvgIpc) is 2.17. The van der Waals surface area contributed by atoms with E-state index in [-0.39, 0.29) is 0 Å². The Bertz CT molecular complexity index is 161. The van der Waals surface area contributed by atoms with Crippen molar-refractivity contribution in [1.29, 1.82) is 0 Å². The van der Waals surface area contributed by atoms with Gasteiger partial charge in [-0.05, 0) is 0 Å². The first-order valence-electron chi connectivity index (χ1n) is 4.72. The zero-order valence-electron chi connectivity index (χ0n) is 9.26. The van der Waals surface area contributed by atoms with Crippen molar-refractivity contribution in [3.8, 4) is 0 Å². The predicted molar refractivity (Wildman–Crippen MR) is 55.1 cm³/mol. The van der Waals surface area contributed by atoms with Gasteiger partial charge in [0.2, 0.25) is 0 Å². The van der Waals surface area contributed by atoms with Crippen molar-refractivity contribution in [2.24, 2.45) is 7.05 Å². The lowest BCUT2D eigenvalue weighted by Gasteiger charge is -1.87. The lowest BCUT2D eigenvalue weighted by atomic mass is 10.4. The van der Waals surface area contributed by atoms with Crippen molar-refractivity contribution in [2.75, 3.05) is 0 Å². The van der Waals surface area contributed by atoms with Gasteiger partial charge in [-0.2, -0.15) is 0 Å². The van der Waals surface area contributed by atoms with E-state index in [2.05, 4.69) is 17.6 Å². The molecule has 1 aromatic rings. The maximum absolute atomic E-state index is 2.08. The minimum atomic E-state index is 1.28. The fraction of sp³-hybridized carbons (Fsp3) is 0.545. The molecule has 0 bridgehead atoms. The molecule has 70 valence electrons. The van der Waals surface area contributed by atoms with E-state index in [1.807, 2.05) is 53.1 Å². The highest BCUT2D eigenvalue weighted by atomic mass is 14.9. The van der Waals surface area contributed by atoms with E-state index < -0.39 is 0 Å². The standard InChI is InChI=1S/C7H10N.2C2H6/c1-7-5-3-4-6-8(7)2;2*1-2/h3-6H,1-2H3;2*1-2H3/q+1;;. The van der Waals surface area contributed by atoms with Crippen LogP contribution in [0, 0.1) is 6.92 Å². The van der Waals surface area contributed by atoms with Crippen LogP contribution in [0.1, 0.15) is 33.4 Å². The molecular weight excluding hydrogens is 146 g/mol. The van der Waals surface area contributed by atoms with Gasteiger partial charge in [-0.3, -0.25) is 0 Å². The van der Waals surface area contributed by atoms with E-state index in [4.69, 9.17) is 0 Å². The first kappa shape index (κ1) is 13.7. The Labute approximate surface area is 77.1 Å². The summed E-state index contributed by atoms with van der Waals surface area (Å²) in [7, 11) is 2.04. The highest BCUT2D eigenvalue weighted by Gasteiger charge is 1.91. The molecule has 1 heterocycles. The zero-order valence-corrected chi connectivity index (χ0v) is 9.26. The topological polar surface area (TPSA) is 3.88 Å². The molecule has 0 unspecified atom stereocenters. The average molecular weight is 168 g/mol. The number of hydrogen-bond donors (Lipinski definition) is 0.